The summed E-state index contributed by atoms with van der Waals surface area (Å²) in [5.41, 5.74) is 6.76. The minimum Gasteiger partial charge on any atom is -0.486 e. The average Bonchev–Trinajstić information content (AvgIpc) is 3.32. The highest BCUT2D eigenvalue weighted by molar-refractivity contribution is 5.54. The molecule has 1 aliphatic heterocycles. The number of ether oxygens (including phenoxy) is 2. The highest BCUT2D eigenvalue weighted by Gasteiger charge is 2.17. The molecule has 2 aliphatic rings. The second-order valence-electron chi connectivity index (χ2n) is 6.11. The molecule has 0 spiro atoms. The zero-order chi connectivity index (χ0) is 23.5. The Morgan fingerprint density at radius 1 is 0.600 bits per heavy atom. The van der Waals surface area contributed by atoms with Crippen molar-refractivity contribution in [3.8, 4) is 11.5 Å². The number of rotatable bonds is 0. The lowest BCUT2D eigenvalue weighted by Crippen LogP contribution is -2.17. The highest BCUT2D eigenvalue weighted by Crippen LogP contribution is 2.38. The van der Waals surface area contributed by atoms with E-state index in [9.17, 15) is 0 Å². The summed E-state index contributed by atoms with van der Waals surface area (Å²) in [6.45, 7) is 23.6. The summed E-state index contributed by atoms with van der Waals surface area (Å²) in [6.07, 6.45) is 3.96. The second-order valence-corrected chi connectivity index (χ2v) is 6.11. The third kappa shape index (κ3) is 9.24. The van der Waals surface area contributed by atoms with E-state index in [1.54, 1.807) is 11.1 Å². The molecule has 2 heteroatoms. The van der Waals surface area contributed by atoms with E-state index in [2.05, 4.69) is 51.1 Å². The lowest BCUT2D eigenvalue weighted by atomic mass is 10.0. The van der Waals surface area contributed by atoms with Gasteiger partial charge < -0.3 is 9.47 Å². The normalized spacial score (nSPS) is 11.7. The van der Waals surface area contributed by atoms with E-state index in [-0.39, 0.29) is 0 Å². The van der Waals surface area contributed by atoms with E-state index in [0.717, 1.165) is 17.1 Å². The Labute approximate surface area is 188 Å². The van der Waals surface area contributed by atoms with Crippen LogP contribution in [0.3, 0.4) is 0 Å². The fraction of sp³-hybridized carbons (Fsp3) is 0.571. The largest absolute Gasteiger partial charge is 0.486 e. The van der Waals surface area contributed by atoms with E-state index >= 15 is 0 Å². The van der Waals surface area contributed by atoms with Crippen molar-refractivity contribution < 1.29 is 9.47 Å². The number of fused-ring (bicyclic) bond motifs is 2. The molecular formula is C28H48O2. The number of hydrogen-bond acceptors (Lipinski definition) is 2. The second kappa shape index (κ2) is 19.0. The lowest BCUT2D eigenvalue weighted by molar-refractivity contribution is 0.169. The molecule has 2 nitrogen and oxygen atoms in total. The standard InChI is InChI=1S/C11H14O2.C9H10.4C2H6/c1-7-6-8(2)10-11(9(7)3)13-5-4-12-10;1-2-5-9-7-3-6-8(9)4-1;4*1-2/h6H,4-5H2,1-3H3;1-2,4-5H,3,6-7H2;4*1-2H3. The molecule has 0 atom stereocenters. The molecule has 0 fully saturated rings. The maximum absolute atomic E-state index is 5.59. The highest BCUT2D eigenvalue weighted by atomic mass is 16.6. The van der Waals surface area contributed by atoms with Crippen LogP contribution in [0.1, 0.15) is 89.6 Å². The molecule has 0 amide bonds. The van der Waals surface area contributed by atoms with Gasteiger partial charge in [0.1, 0.15) is 13.2 Å². The Morgan fingerprint density at radius 3 is 1.50 bits per heavy atom. The summed E-state index contributed by atoms with van der Waals surface area (Å²) >= 11 is 0. The molecule has 0 radical (unpaired) electrons. The summed E-state index contributed by atoms with van der Waals surface area (Å²) in [5.74, 6) is 1.86. The summed E-state index contributed by atoms with van der Waals surface area (Å²) in [7, 11) is 0. The number of benzene rings is 2. The van der Waals surface area contributed by atoms with Crippen molar-refractivity contribution in [3.05, 3.63) is 58.1 Å². The van der Waals surface area contributed by atoms with Gasteiger partial charge in [0.15, 0.2) is 11.5 Å². The van der Waals surface area contributed by atoms with E-state index in [1.807, 2.05) is 55.4 Å². The van der Waals surface area contributed by atoms with Crippen LogP contribution in [0.5, 0.6) is 11.5 Å². The predicted molar refractivity (Wildman–Crippen MR) is 136 cm³/mol. The van der Waals surface area contributed by atoms with E-state index in [1.165, 1.54) is 30.4 Å². The molecule has 0 unspecified atom stereocenters. The van der Waals surface area contributed by atoms with Crippen molar-refractivity contribution >= 4 is 0 Å². The van der Waals surface area contributed by atoms with Crippen molar-refractivity contribution in [2.45, 2.75) is 95.4 Å². The van der Waals surface area contributed by atoms with Gasteiger partial charge in [-0.3, -0.25) is 0 Å². The van der Waals surface area contributed by atoms with E-state index in [4.69, 9.17) is 9.47 Å². The van der Waals surface area contributed by atoms with Gasteiger partial charge in [-0.25, -0.2) is 0 Å². The Balaban J connectivity index is 0. The van der Waals surface area contributed by atoms with Gasteiger partial charge in [-0.05, 0) is 67.9 Å². The van der Waals surface area contributed by atoms with Crippen LogP contribution in [-0.2, 0) is 12.8 Å². The van der Waals surface area contributed by atoms with Gasteiger partial charge in [-0.1, -0.05) is 85.7 Å². The van der Waals surface area contributed by atoms with Crippen LogP contribution in [0, 0.1) is 20.8 Å². The maximum Gasteiger partial charge on any atom is 0.164 e. The smallest absolute Gasteiger partial charge is 0.164 e. The monoisotopic (exact) mass is 416 g/mol. The Bertz CT molecular complexity index is 652. The van der Waals surface area contributed by atoms with Gasteiger partial charge in [-0.2, -0.15) is 0 Å². The Morgan fingerprint density at radius 2 is 1.03 bits per heavy atom. The molecule has 4 rings (SSSR count). The molecule has 1 heterocycles. The molecule has 0 aromatic heterocycles. The summed E-state index contributed by atoms with van der Waals surface area (Å²) in [6, 6.07) is 10.9. The minimum absolute atomic E-state index is 0.663. The molecule has 0 N–H and O–H groups in total. The number of hydrogen-bond donors (Lipinski definition) is 0. The Kier molecular flexibility index (Phi) is 19.2. The van der Waals surface area contributed by atoms with Crippen molar-refractivity contribution in [2.75, 3.05) is 13.2 Å². The average molecular weight is 417 g/mol. The molecule has 30 heavy (non-hydrogen) atoms. The van der Waals surface area contributed by atoms with Gasteiger partial charge >= 0.3 is 0 Å². The first-order valence-electron chi connectivity index (χ1n) is 12.1. The predicted octanol–water partition coefficient (Wildman–Crippen LogP) is 8.66. The van der Waals surface area contributed by atoms with Gasteiger partial charge in [0.25, 0.3) is 0 Å². The van der Waals surface area contributed by atoms with Gasteiger partial charge in [0.2, 0.25) is 0 Å². The van der Waals surface area contributed by atoms with Crippen molar-refractivity contribution in [3.63, 3.8) is 0 Å². The topological polar surface area (TPSA) is 18.5 Å². The zero-order valence-corrected chi connectivity index (χ0v) is 21.7. The van der Waals surface area contributed by atoms with Crippen molar-refractivity contribution in [1.29, 1.82) is 0 Å². The quantitative estimate of drug-likeness (QED) is 0.427. The molecule has 0 bridgehead atoms. The Hall–Kier alpha value is -1.96. The van der Waals surface area contributed by atoms with Crippen molar-refractivity contribution in [1.82, 2.24) is 0 Å². The summed E-state index contributed by atoms with van der Waals surface area (Å²) < 4.78 is 11.2. The lowest BCUT2D eigenvalue weighted by Gasteiger charge is -2.22. The zero-order valence-electron chi connectivity index (χ0n) is 21.7. The molecule has 0 saturated carbocycles. The maximum atomic E-state index is 5.59. The number of aryl methyl sites for hydroxylation is 4. The van der Waals surface area contributed by atoms with E-state index in [0.29, 0.717) is 13.2 Å². The summed E-state index contributed by atoms with van der Waals surface area (Å²) in [5, 5.41) is 0. The molecule has 2 aromatic carbocycles. The first kappa shape index (κ1) is 30.2. The van der Waals surface area contributed by atoms with Gasteiger partial charge in [0.05, 0.1) is 0 Å². The SMILES string of the molecule is CC.CC.CC.CC.Cc1cc(C)c2c(c1C)OCCO2.c1ccc2c(c1)CCC2. The molecule has 0 saturated heterocycles. The first-order chi connectivity index (χ1) is 14.7. The molecule has 2 aromatic rings. The van der Waals surface area contributed by atoms with Crippen LogP contribution < -0.4 is 9.47 Å². The van der Waals surface area contributed by atoms with Crippen LogP contribution in [0.15, 0.2) is 30.3 Å². The first-order valence-corrected chi connectivity index (χ1v) is 12.1. The van der Waals surface area contributed by atoms with Crippen LogP contribution in [-0.4, -0.2) is 13.2 Å². The fourth-order valence-electron chi connectivity index (χ4n) is 3.18. The third-order valence-corrected chi connectivity index (χ3v) is 4.52. The molecule has 172 valence electrons. The van der Waals surface area contributed by atoms with Gasteiger partial charge in [-0.15, -0.1) is 0 Å². The minimum atomic E-state index is 0.663. The summed E-state index contributed by atoms with van der Waals surface area (Å²) in [4.78, 5) is 0. The third-order valence-electron chi connectivity index (χ3n) is 4.52. The van der Waals surface area contributed by atoms with Crippen LogP contribution in [0.25, 0.3) is 0 Å². The van der Waals surface area contributed by atoms with Crippen LogP contribution in [0.2, 0.25) is 0 Å². The van der Waals surface area contributed by atoms with Crippen LogP contribution in [0.4, 0.5) is 0 Å². The van der Waals surface area contributed by atoms with Crippen LogP contribution >= 0.6 is 0 Å². The molecule has 1 aliphatic carbocycles. The van der Waals surface area contributed by atoms with Crippen molar-refractivity contribution in [2.24, 2.45) is 0 Å². The van der Waals surface area contributed by atoms with Gasteiger partial charge in [0, 0.05) is 0 Å². The fourth-order valence-corrected chi connectivity index (χ4v) is 3.18. The van der Waals surface area contributed by atoms with E-state index < -0.39 is 0 Å². The molecular weight excluding hydrogens is 368 g/mol.